The van der Waals surface area contributed by atoms with E-state index in [1.807, 2.05) is 4.90 Å². The second-order valence-corrected chi connectivity index (χ2v) is 3.68. The van der Waals surface area contributed by atoms with Crippen molar-refractivity contribution in [2.45, 2.75) is 12.5 Å². The molecular weight excluding hydrogens is 204 g/mol. The van der Waals surface area contributed by atoms with Crippen LogP contribution in [0.25, 0.3) is 0 Å². The van der Waals surface area contributed by atoms with Crippen LogP contribution in [0.15, 0.2) is 6.07 Å². The highest BCUT2D eigenvalue weighted by molar-refractivity contribution is 6.29. The molecule has 1 aromatic heterocycles. The number of aliphatic hydroxyl groups is 1. The number of aliphatic hydroxyl groups excluding tert-OH is 1. The number of nitrogens with zero attached hydrogens (tertiary/aromatic N) is 3. The lowest BCUT2D eigenvalue weighted by Gasteiger charge is -2.16. The summed E-state index contributed by atoms with van der Waals surface area (Å²) < 4.78 is 0. The summed E-state index contributed by atoms with van der Waals surface area (Å²) in [5, 5.41) is 9.68. The number of nitrogen functional groups attached to an aromatic ring is 1. The summed E-state index contributed by atoms with van der Waals surface area (Å²) >= 11 is 5.74. The van der Waals surface area contributed by atoms with Crippen LogP contribution in [-0.4, -0.2) is 34.3 Å². The van der Waals surface area contributed by atoms with E-state index in [4.69, 9.17) is 17.3 Å². The topological polar surface area (TPSA) is 75.3 Å². The number of hydrogen-bond donors (Lipinski definition) is 2. The van der Waals surface area contributed by atoms with E-state index in [1.54, 1.807) is 6.07 Å². The molecule has 14 heavy (non-hydrogen) atoms. The fourth-order valence-corrected chi connectivity index (χ4v) is 1.72. The van der Waals surface area contributed by atoms with Gasteiger partial charge in [-0.25, -0.2) is 4.98 Å². The molecule has 3 N–H and O–H groups in total. The summed E-state index contributed by atoms with van der Waals surface area (Å²) in [4.78, 5) is 9.75. The van der Waals surface area contributed by atoms with Crippen molar-refractivity contribution < 1.29 is 5.11 Å². The summed E-state index contributed by atoms with van der Waals surface area (Å²) in [6, 6.07) is 1.65. The maximum Gasteiger partial charge on any atom is 0.223 e. The third-order valence-electron chi connectivity index (χ3n) is 2.19. The fraction of sp³-hybridized carbons (Fsp3) is 0.500. The van der Waals surface area contributed by atoms with Crippen LogP contribution < -0.4 is 10.6 Å². The molecule has 1 atom stereocenters. The third-order valence-corrected chi connectivity index (χ3v) is 2.38. The minimum atomic E-state index is -0.287. The Balaban J connectivity index is 2.23. The van der Waals surface area contributed by atoms with Crippen molar-refractivity contribution >= 4 is 23.4 Å². The average Bonchev–Trinajstić information content (AvgIpc) is 2.50. The molecule has 2 rings (SSSR count). The number of β-amino-alcohol motifs (C(OH)–C–C–N with tert-alkyl or cyclic N) is 1. The molecule has 1 fully saturated rings. The Hall–Kier alpha value is -1.07. The zero-order valence-electron chi connectivity index (χ0n) is 7.52. The van der Waals surface area contributed by atoms with Crippen LogP contribution in [0, 0.1) is 0 Å². The van der Waals surface area contributed by atoms with E-state index in [0.29, 0.717) is 17.5 Å². The van der Waals surface area contributed by atoms with Crippen molar-refractivity contribution in [2.24, 2.45) is 0 Å². The first-order valence-electron chi connectivity index (χ1n) is 4.38. The van der Waals surface area contributed by atoms with Crippen molar-refractivity contribution in [1.29, 1.82) is 0 Å². The molecule has 6 heteroatoms. The maximum absolute atomic E-state index is 9.35. The highest BCUT2D eigenvalue weighted by Gasteiger charge is 2.21. The van der Waals surface area contributed by atoms with Gasteiger partial charge in [-0.1, -0.05) is 11.6 Å². The normalized spacial score (nSPS) is 21.6. The average molecular weight is 215 g/mol. The molecule has 1 saturated heterocycles. The molecular formula is C8H11ClN4O. The van der Waals surface area contributed by atoms with Gasteiger partial charge in [0, 0.05) is 19.2 Å². The lowest BCUT2D eigenvalue weighted by atomic mass is 10.3. The number of anilines is 2. The fourth-order valence-electron chi connectivity index (χ4n) is 1.53. The number of aromatic nitrogens is 2. The summed E-state index contributed by atoms with van der Waals surface area (Å²) in [5.41, 5.74) is 5.47. The highest BCUT2D eigenvalue weighted by atomic mass is 35.5. The van der Waals surface area contributed by atoms with Gasteiger partial charge in [-0.3, -0.25) is 0 Å². The SMILES string of the molecule is Nc1nc(Cl)cc(N2CCC(O)C2)n1. The Labute approximate surface area is 86.5 Å². The number of rotatable bonds is 1. The smallest absolute Gasteiger partial charge is 0.223 e. The first-order chi connectivity index (χ1) is 6.65. The quantitative estimate of drug-likeness (QED) is 0.657. The zero-order valence-corrected chi connectivity index (χ0v) is 8.28. The number of nitrogens with two attached hydrogens (primary N) is 1. The Bertz CT molecular complexity index is 326. The minimum absolute atomic E-state index is 0.161. The summed E-state index contributed by atoms with van der Waals surface area (Å²) in [6.45, 7) is 1.35. The molecule has 0 aromatic carbocycles. The van der Waals surface area contributed by atoms with Gasteiger partial charge >= 0.3 is 0 Å². The molecule has 0 amide bonds. The van der Waals surface area contributed by atoms with Gasteiger partial charge in [0.2, 0.25) is 5.95 Å². The van der Waals surface area contributed by atoms with Crippen LogP contribution in [0.1, 0.15) is 6.42 Å². The summed E-state index contributed by atoms with van der Waals surface area (Å²) in [6.07, 6.45) is 0.464. The van der Waals surface area contributed by atoms with Gasteiger partial charge in [-0.05, 0) is 6.42 Å². The van der Waals surface area contributed by atoms with Crippen molar-refractivity contribution in [3.63, 3.8) is 0 Å². The third kappa shape index (κ3) is 1.88. The van der Waals surface area contributed by atoms with Gasteiger partial charge in [-0.15, -0.1) is 0 Å². The second-order valence-electron chi connectivity index (χ2n) is 3.30. The van der Waals surface area contributed by atoms with Gasteiger partial charge < -0.3 is 15.7 Å². The van der Waals surface area contributed by atoms with E-state index in [-0.39, 0.29) is 12.1 Å². The van der Waals surface area contributed by atoms with Crippen LogP contribution in [0.3, 0.4) is 0 Å². The Morgan fingerprint density at radius 2 is 2.36 bits per heavy atom. The van der Waals surface area contributed by atoms with Crippen LogP contribution in [0.2, 0.25) is 5.15 Å². The van der Waals surface area contributed by atoms with Crippen molar-refractivity contribution in [1.82, 2.24) is 9.97 Å². The molecule has 76 valence electrons. The molecule has 0 spiro atoms. The second kappa shape index (κ2) is 3.59. The molecule has 2 heterocycles. The molecule has 1 aliphatic heterocycles. The lowest BCUT2D eigenvalue weighted by Crippen LogP contribution is -2.22. The lowest BCUT2D eigenvalue weighted by molar-refractivity contribution is 0.198. The van der Waals surface area contributed by atoms with E-state index in [0.717, 1.165) is 13.0 Å². The summed E-state index contributed by atoms with van der Waals surface area (Å²) in [7, 11) is 0. The van der Waals surface area contributed by atoms with Gasteiger partial charge in [0.15, 0.2) is 0 Å². The summed E-state index contributed by atoms with van der Waals surface area (Å²) in [5.74, 6) is 0.841. The van der Waals surface area contributed by atoms with Crippen molar-refractivity contribution in [3.8, 4) is 0 Å². The van der Waals surface area contributed by atoms with Crippen LogP contribution in [0.4, 0.5) is 11.8 Å². The highest BCUT2D eigenvalue weighted by Crippen LogP contribution is 2.21. The van der Waals surface area contributed by atoms with Gasteiger partial charge in [0.05, 0.1) is 6.10 Å². The van der Waals surface area contributed by atoms with E-state index in [1.165, 1.54) is 0 Å². The predicted octanol–water partition coefficient (Wildman–Crippen LogP) is 0.283. The Morgan fingerprint density at radius 3 is 2.93 bits per heavy atom. The molecule has 0 saturated carbocycles. The molecule has 0 aliphatic carbocycles. The Kier molecular flexibility index (Phi) is 2.43. The molecule has 5 nitrogen and oxygen atoms in total. The first-order valence-corrected chi connectivity index (χ1v) is 4.76. The number of halogens is 1. The minimum Gasteiger partial charge on any atom is -0.391 e. The first kappa shape index (κ1) is 9.48. The molecule has 0 radical (unpaired) electrons. The van der Waals surface area contributed by atoms with Crippen LogP contribution in [-0.2, 0) is 0 Å². The van der Waals surface area contributed by atoms with Crippen molar-refractivity contribution in [3.05, 3.63) is 11.2 Å². The molecule has 1 aromatic rings. The zero-order chi connectivity index (χ0) is 10.1. The van der Waals surface area contributed by atoms with Crippen molar-refractivity contribution in [2.75, 3.05) is 23.7 Å². The monoisotopic (exact) mass is 214 g/mol. The van der Waals surface area contributed by atoms with Gasteiger partial charge in [0.1, 0.15) is 11.0 Å². The van der Waals surface area contributed by atoms with Gasteiger partial charge in [0.25, 0.3) is 0 Å². The van der Waals surface area contributed by atoms with Gasteiger partial charge in [-0.2, -0.15) is 4.98 Å². The van der Waals surface area contributed by atoms with E-state index in [9.17, 15) is 5.11 Å². The van der Waals surface area contributed by atoms with Crippen LogP contribution in [0.5, 0.6) is 0 Å². The molecule has 0 bridgehead atoms. The number of hydrogen-bond acceptors (Lipinski definition) is 5. The van der Waals surface area contributed by atoms with E-state index < -0.39 is 0 Å². The van der Waals surface area contributed by atoms with E-state index in [2.05, 4.69) is 9.97 Å². The predicted molar refractivity (Wildman–Crippen MR) is 54.3 cm³/mol. The van der Waals surface area contributed by atoms with E-state index >= 15 is 0 Å². The standard InChI is InChI=1S/C8H11ClN4O/c9-6-3-7(12-8(10)11-6)13-2-1-5(14)4-13/h3,5,14H,1-2,4H2,(H2,10,11,12). The maximum atomic E-state index is 9.35. The Morgan fingerprint density at radius 1 is 1.57 bits per heavy atom. The molecule has 1 unspecified atom stereocenters. The largest absolute Gasteiger partial charge is 0.391 e. The molecule has 1 aliphatic rings. The van der Waals surface area contributed by atoms with Crippen LogP contribution >= 0.6 is 11.6 Å².